The number of nitrogens with zero attached hydrogens (tertiary/aromatic N) is 1. The van der Waals surface area contributed by atoms with Gasteiger partial charge in [-0.15, -0.1) is 0 Å². The van der Waals surface area contributed by atoms with E-state index in [0.29, 0.717) is 40.8 Å². The predicted octanol–water partition coefficient (Wildman–Crippen LogP) is 6.58. The van der Waals surface area contributed by atoms with Crippen molar-refractivity contribution in [2.75, 3.05) is 25.6 Å². The standard InChI is InChI=1S/C27H30BrN3O4/c1-4-19(2)21-10-12-23(13-11-21)34-14-15-35-26-24(28)16-20(17-25(26)33-3)18-29-31-27(32)30-22-8-6-5-7-9-22/h5-13,16-19H,4,14-15H2,1-3H3,(H2,30,31,32)/b29-18-/t19-/m1/s1. The average molecular weight is 540 g/mol. The molecular formula is C27H30BrN3O4. The van der Waals surface area contributed by atoms with Crippen LogP contribution in [-0.4, -0.2) is 32.6 Å². The molecule has 2 N–H and O–H groups in total. The normalized spacial score (nSPS) is 11.7. The number of rotatable bonds is 11. The number of amides is 2. The molecule has 7 nitrogen and oxygen atoms in total. The Kier molecular flexibility index (Phi) is 9.98. The third-order valence-electron chi connectivity index (χ3n) is 5.32. The van der Waals surface area contributed by atoms with E-state index in [1.165, 1.54) is 11.8 Å². The molecule has 2 amide bonds. The van der Waals surface area contributed by atoms with Crippen LogP contribution in [0.3, 0.4) is 0 Å². The van der Waals surface area contributed by atoms with Gasteiger partial charge in [0, 0.05) is 5.69 Å². The number of halogens is 1. The number of carbonyl (C=O) groups is 1. The second kappa shape index (κ2) is 13.4. The Hall–Kier alpha value is -3.52. The molecule has 184 valence electrons. The number of carbonyl (C=O) groups excluding carboxylic acids is 1. The van der Waals surface area contributed by atoms with Crippen molar-refractivity contribution < 1.29 is 19.0 Å². The van der Waals surface area contributed by atoms with E-state index in [2.05, 4.69) is 57.8 Å². The smallest absolute Gasteiger partial charge is 0.339 e. The summed E-state index contributed by atoms with van der Waals surface area (Å²) < 4.78 is 17.9. The highest BCUT2D eigenvalue weighted by Gasteiger charge is 2.12. The molecule has 0 aromatic heterocycles. The number of hydrogen-bond donors (Lipinski definition) is 2. The van der Waals surface area contributed by atoms with E-state index in [1.54, 1.807) is 25.3 Å². The number of nitrogens with one attached hydrogen (secondary N) is 2. The van der Waals surface area contributed by atoms with Gasteiger partial charge in [-0.05, 0) is 75.8 Å². The topological polar surface area (TPSA) is 81.2 Å². The van der Waals surface area contributed by atoms with Crippen LogP contribution < -0.4 is 25.0 Å². The van der Waals surface area contributed by atoms with Crippen molar-refractivity contribution in [2.24, 2.45) is 5.10 Å². The van der Waals surface area contributed by atoms with E-state index in [0.717, 1.165) is 17.7 Å². The maximum atomic E-state index is 12.0. The van der Waals surface area contributed by atoms with Gasteiger partial charge in [-0.1, -0.05) is 44.2 Å². The lowest BCUT2D eigenvalue weighted by Gasteiger charge is -2.14. The Morgan fingerprint density at radius 2 is 1.77 bits per heavy atom. The quantitative estimate of drug-likeness (QED) is 0.164. The van der Waals surface area contributed by atoms with E-state index in [-0.39, 0.29) is 0 Å². The summed E-state index contributed by atoms with van der Waals surface area (Å²) in [5.74, 6) is 2.44. The first-order valence-corrected chi connectivity index (χ1v) is 12.2. The first-order chi connectivity index (χ1) is 17.0. The summed E-state index contributed by atoms with van der Waals surface area (Å²) in [4.78, 5) is 12.0. The highest BCUT2D eigenvalue weighted by atomic mass is 79.9. The van der Waals surface area contributed by atoms with Gasteiger partial charge in [0.15, 0.2) is 11.5 Å². The van der Waals surface area contributed by atoms with Gasteiger partial charge in [0.2, 0.25) is 0 Å². The molecule has 0 spiro atoms. The van der Waals surface area contributed by atoms with Crippen LogP contribution in [0.25, 0.3) is 0 Å². The van der Waals surface area contributed by atoms with Crippen LogP contribution in [0.2, 0.25) is 0 Å². The fourth-order valence-corrected chi connectivity index (χ4v) is 3.81. The largest absolute Gasteiger partial charge is 0.493 e. The van der Waals surface area contributed by atoms with Crippen molar-refractivity contribution >= 4 is 33.9 Å². The fraction of sp³-hybridized carbons (Fsp3) is 0.259. The number of anilines is 1. The molecule has 3 aromatic carbocycles. The lowest BCUT2D eigenvalue weighted by Crippen LogP contribution is -2.24. The van der Waals surface area contributed by atoms with E-state index >= 15 is 0 Å². The van der Waals surface area contributed by atoms with Gasteiger partial charge < -0.3 is 19.5 Å². The summed E-state index contributed by atoms with van der Waals surface area (Å²) in [6.07, 6.45) is 2.63. The fourth-order valence-electron chi connectivity index (χ4n) is 3.23. The molecule has 0 heterocycles. The minimum Gasteiger partial charge on any atom is -0.493 e. The first-order valence-electron chi connectivity index (χ1n) is 11.4. The maximum Gasteiger partial charge on any atom is 0.339 e. The van der Waals surface area contributed by atoms with Crippen LogP contribution in [0.4, 0.5) is 10.5 Å². The molecule has 1 atom stereocenters. The number of urea groups is 1. The molecule has 0 bridgehead atoms. The summed E-state index contributed by atoms with van der Waals surface area (Å²) in [7, 11) is 1.57. The monoisotopic (exact) mass is 539 g/mol. The molecule has 0 saturated heterocycles. The van der Waals surface area contributed by atoms with Crippen molar-refractivity contribution in [3.8, 4) is 17.2 Å². The number of ether oxygens (including phenoxy) is 3. The van der Waals surface area contributed by atoms with Crippen LogP contribution in [0.5, 0.6) is 17.2 Å². The number of methoxy groups -OCH3 is 1. The average Bonchev–Trinajstić information content (AvgIpc) is 2.87. The van der Waals surface area contributed by atoms with E-state index in [1.807, 2.05) is 36.4 Å². The van der Waals surface area contributed by atoms with Gasteiger partial charge >= 0.3 is 6.03 Å². The third kappa shape index (κ3) is 8.03. The van der Waals surface area contributed by atoms with Crippen molar-refractivity contribution in [3.05, 3.63) is 82.3 Å². The van der Waals surface area contributed by atoms with Crippen molar-refractivity contribution in [1.82, 2.24) is 5.43 Å². The number of hydrazone groups is 1. The summed E-state index contributed by atoms with van der Waals surface area (Å²) >= 11 is 3.52. The van der Waals surface area contributed by atoms with Crippen LogP contribution in [0.15, 0.2) is 76.3 Å². The second-order valence-corrected chi connectivity index (χ2v) is 8.65. The van der Waals surface area contributed by atoms with Gasteiger partial charge in [0.1, 0.15) is 19.0 Å². The zero-order valence-electron chi connectivity index (χ0n) is 20.1. The number of hydrogen-bond acceptors (Lipinski definition) is 5. The van der Waals surface area contributed by atoms with Gasteiger partial charge in [0.25, 0.3) is 0 Å². The lowest BCUT2D eigenvalue weighted by molar-refractivity contribution is 0.210. The van der Waals surface area contributed by atoms with Crippen molar-refractivity contribution in [3.63, 3.8) is 0 Å². The maximum absolute atomic E-state index is 12.0. The van der Waals surface area contributed by atoms with Gasteiger partial charge in [-0.2, -0.15) is 5.10 Å². The molecule has 3 rings (SSSR count). The lowest BCUT2D eigenvalue weighted by atomic mass is 9.99. The van der Waals surface area contributed by atoms with E-state index in [4.69, 9.17) is 14.2 Å². The molecular weight excluding hydrogens is 510 g/mol. The van der Waals surface area contributed by atoms with E-state index < -0.39 is 6.03 Å². The molecule has 3 aromatic rings. The molecule has 0 aliphatic carbocycles. The number of para-hydroxylation sites is 1. The zero-order chi connectivity index (χ0) is 25.0. The number of benzene rings is 3. The molecule has 0 unspecified atom stereocenters. The second-order valence-electron chi connectivity index (χ2n) is 7.80. The molecule has 0 aliphatic rings. The molecule has 0 saturated carbocycles. The minimum absolute atomic E-state index is 0.344. The Morgan fingerprint density at radius 3 is 2.46 bits per heavy atom. The highest BCUT2D eigenvalue weighted by Crippen LogP contribution is 2.36. The summed E-state index contributed by atoms with van der Waals surface area (Å²) in [6.45, 7) is 5.13. The van der Waals surface area contributed by atoms with Crippen molar-refractivity contribution in [2.45, 2.75) is 26.2 Å². The summed E-state index contributed by atoms with van der Waals surface area (Å²) in [6, 6.07) is 20.5. The van der Waals surface area contributed by atoms with E-state index in [9.17, 15) is 4.79 Å². The van der Waals surface area contributed by atoms with Crippen molar-refractivity contribution in [1.29, 1.82) is 0 Å². The van der Waals surface area contributed by atoms with Gasteiger partial charge in [0.05, 0.1) is 17.8 Å². The Bertz CT molecular complexity index is 1120. The van der Waals surface area contributed by atoms with Crippen LogP contribution in [0, 0.1) is 0 Å². The third-order valence-corrected chi connectivity index (χ3v) is 5.91. The molecule has 0 radical (unpaired) electrons. The highest BCUT2D eigenvalue weighted by molar-refractivity contribution is 9.10. The zero-order valence-corrected chi connectivity index (χ0v) is 21.7. The van der Waals surface area contributed by atoms with Crippen LogP contribution in [0.1, 0.15) is 37.3 Å². The molecule has 0 aliphatic heterocycles. The van der Waals surface area contributed by atoms with Gasteiger partial charge in [-0.25, -0.2) is 10.2 Å². The SMILES string of the molecule is CC[C@@H](C)c1ccc(OCCOc2c(Br)cc(/C=N\NC(=O)Nc3ccccc3)cc2OC)cc1. The molecule has 0 fully saturated rings. The summed E-state index contributed by atoms with van der Waals surface area (Å²) in [5, 5.41) is 6.68. The van der Waals surface area contributed by atoms with Crippen LogP contribution >= 0.6 is 15.9 Å². The first kappa shape index (κ1) is 26.1. The Labute approximate surface area is 214 Å². The van der Waals surface area contributed by atoms with Gasteiger partial charge in [-0.3, -0.25) is 0 Å². The molecule has 8 heteroatoms. The predicted molar refractivity (Wildman–Crippen MR) is 143 cm³/mol. The summed E-state index contributed by atoms with van der Waals surface area (Å²) in [5.41, 5.74) is 5.14. The van der Waals surface area contributed by atoms with Crippen LogP contribution in [-0.2, 0) is 0 Å². The Balaban J connectivity index is 1.51. The molecule has 35 heavy (non-hydrogen) atoms. The Morgan fingerprint density at radius 1 is 1.06 bits per heavy atom. The minimum atomic E-state index is -0.437.